The number of pyridine rings is 1. The molecule has 24 heavy (non-hydrogen) atoms. The van der Waals surface area contributed by atoms with Crippen LogP contribution in [0.5, 0.6) is 5.75 Å². The number of amides is 1. The van der Waals surface area contributed by atoms with Crippen molar-refractivity contribution in [1.29, 1.82) is 0 Å². The molecular weight excluding hydrogens is 326 g/mol. The Labute approximate surface area is 143 Å². The molecule has 0 aliphatic carbocycles. The largest absolute Gasteiger partial charge is 0.497 e. The fourth-order valence-electron chi connectivity index (χ4n) is 2.14. The molecule has 0 fully saturated rings. The molecule has 0 aliphatic heterocycles. The number of hydrogen-bond acceptors (Lipinski definition) is 6. The highest BCUT2D eigenvalue weighted by Crippen LogP contribution is 2.28. The summed E-state index contributed by atoms with van der Waals surface area (Å²) in [6.45, 7) is 1.95. The number of methoxy groups -OCH3 is 1. The molecule has 1 aromatic carbocycles. The van der Waals surface area contributed by atoms with E-state index < -0.39 is 0 Å². The second kappa shape index (κ2) is 7.35. The standard InChI is InChI=1S/C17H17N3O3S/c1-3-14(16(21)19-11-6-8-12(22-2)9-7-11)24-17-20-15-13(23-17)5-4-10-18-15/h4-10,14H,3H2,1-2H3,(H,19,21). The van der Waals surface area contributed by atoms with Crippen molar-refractivity contribution in [1.82, 2.24) is 9.97 Å². The molecule has 1 amide bonds. The highest BCUT2D eigenvalue weighted by atomic mass is 32.2. The molecule has 6 nitrogen and oxygen atoms in total. The van der Waals surface area contributed by atoms with Crippen LogP contribution in [0.25, 0.3) is 11.2 Å². The number of nitrogens with zero attached hydrogens (tertiary/aromatic N) is 2. The van der Waals surface area contributed by atoms with E-state index in [2.05, 4.69) is 15.3 Å². The second-order valence-electron chi connectivity index (χ2n) is 5.04. The molecule has 124 valence electrons. The normalized spacial score (nSPS) is 12.1. The molecule has 0 radical (unpaired) electrons. The molecule has 1 atom stereocenters. The summed E-state index contributed by atoms with van der Waals surface area (Å²) in [5.41, 5.74) is 1.88. The van der Waals surface area contributed by atoms with Crippen molar-refractivity contribution in [3.8, 4) is 5.75 Å². The molecule has 0 saturated carbocycles. The first-order chi connectivity index (χ1) is 11.7. The van der Waals surface area contributed by atoms with E-state index in [4.69, 9.17) is 9.15 Å². The number of benzene rings is 1. The molecule has 1 N–H and O–H groups in total. The molecule has 2 heterocycles. The van der Waals surface area contributed by atoms with Gasteiger partial charge in [-0.15, -0.1) is 0 Å². The molecule has 1 unspecified atom stereocenters. The average molecular weight is 343 g/mol. The Morgan fingerprint density at radius 2 is 2.12 bits per heavy atom. The summed E-state index contributed by atoms with van der Waals surface area (Å²) in [7, 11) is 1.60. The van der Waals surface area contributed by atoms with Gasteiger partial charge in [-0.1, -0.05) is 18.7 Å². The summed E-state index contributed by atoms with van der Waals surface area (Å²) in [5.74, 6) is 0.649. The van der Waals surface area contributed by atoms with Crippen LogP contribution < -0.4 is 10.1 Å². The smallest absolute Gasteiger partial charge is 0.259 e. The maximum absolute atomic E-state index is 12.5. The third-order valence-corrected chi connectivity index (χ3v) is 4.62. The Balaban J connectivity index is 1.69. The van der Waals surface area contributed by atoms with Gasteiger partial charge < -0.3 is 14.5 Å². The molecule has 0 bridgehead atoms. The minimum Gasteiger partial charge on any atom is -0.497 e. The summed E-state index contributed by atoms with van der Waals surface area (Å²) in [4.78, 5) is 20.9. The van der Waals surface area contributed by atoms with Gasteiger partial charge in [-0.2, -0.15) is 4.98 Å². The van der Waals surface area contributed by atoms with Gasteiger partial charge in [-0.3, -0.25) is 4.79 Å². The quantitative estimate of drug-likeness (QED) is 0.687. The molecule has 7 heteroatoms. The van der Waals surface area contributed by atoms with Crippen molar-refractivity contribution in [2.75, 3.05) is 12.4 Å². The zero-order valence-corrected chi connectivity index (χ0v) is 14.2. The number of oxazole rings is 1. The lowest BCUT2D eigenvalue weighted by atomic mass is 10.2. The van der Waals surface area contributed by atoms with Crippen LogP contribution in [0.1, 0.15) is 13.3 Å². The summed E-state index contributed by atoms with van der Waals surface area (Å²) >= 11 is 1.29. The first kappa shape index (κ1) is 16.3. The van der Waals surface area contributed by atoms with E-state index in [1.165, 1.54) is 11.8 Å². The zero-order valence-electron chi connectivity index (χ0n) is 13.4. The van der Waals surface area contributed by atoms with Gasteiger partial charge in [-0.25, -0.2) is 4.98 Å². The number of hydrogen-bond donors (Lipinski definition) is 1. The Kier molecular flexibility index (Phi) is 5.00. The van der Waals surface area contributed by atoms with Crippen molar-refractivity contribution < 1.29 is 13.9 Å². The van der Waals surface area contributed by atoms with Gasteiger partial charge in [0.15, 0.2) is 11.2 Å². The first-order valence-electron chi connectivity index (χ1n) is 7.52. The van der Waals surface area contributed by atoms with Crippen LogP contribution in [-0.2, 0) is 4.79 Å². The second-order valence-corrected chi connectivity index (χ2v) is 6.19. The lowest BCUT2D eigenvalue weighted by Crippen LogP contribution is -2.24. The maximum atomic E-state index is 12.5. The highest BCUT2D eigenvalue weighted by molar-refractivity contribution is 8.00. The third-order valence-electron chi connectivity index (χ3n) is 3.41. The number of ether oxygens (including phenoxy) is 1. The molecule has 0 spiro atoms. The maximum Gasteiger partial charge on any atom is 0.259 e. The van der Waals surface area contributed by atoms with Gasteiger partial charge in [0.05, 0.1) is 12.4 Å². The molecular formula is C17H17N3O3S. The number of carbonyl (C=O) groups excluding carboxylic acids is 1. The summed E-state index contributed by atoms with van der Waals surface area (Å²) in [6, 6.07) is 10.8. The van der Waals surface area contributed by atoms with Crippen LogP contribution in [0.15, 0.2) is 52.2 Å². The number of rotatable bonds is 6. The number of aromatic nitrogens is 2. The number of nitrogens with one attached hydrogen (secondary N) is 1. The minimum atomic E-state index is -0.305. The number of fused-ring (bicyclic) bond motifs is 1. The topological polar surface area (TPSA) is 77.2 Å². The van der Waals surface area contributed by atoms with Crippen LogP contribution in [0.3, 0.4) is 0 Å². The van der Waals surface area contributed by atoms with E-state index >= 15 is 0 Å². The van der Waals surface area contributed by atoms with E-state index in [-0.39, 0.29) is 11.2 Å². The minimum absolute atomic E-state index is 0.0946. The third kappa shape index (κ3) is 3.68. The molecule has 3 rings (SSSR count). The average Bonchev–Trinajstić information content (AvgIpc) is 3.02. The van der Waals surface area contributed by atoms with Crippen molar-refractivity contribution in [2.24, 2.45) is 0 Å². The predicted octanol–water partition coefficient (Wildman–Crippen LogP) is 3.74. The molecule has 0 aliphatic rings. The lowest BCUT2D eigenvalue weighted by Gasteiger charge is -2.13. The van der Waals surface area contributed by atoms with Crippen molar-refractivity contribution >= 4 is 34.6 Å². The van der Waals surface area contributed by atoms with Gasteiger partial charge in [0.2, 0.25) is 5.91 Å². The SMILES string of the molecule is CCC(Sc1nc2ncccc2o1)C(=O)Nc1ccc(OC)cc1. The van der Waals surface area contributed by atoms with Crippen LogP contribution in [0.2, 0.25) is 0 Å². The lowest BCUT2D eigenvalue weighted by molar-refractivity contribution is -0.115. The molecule has 2 aromatic heterocycles. The Morgan fingerprint density at radius 1 is 1.33 bits per heavy atom. The summed E-state index contributed by atoms with van der Waals surface area (Å²) < 4.78 is 10.7. The van der Waals surface area contributed by atoms with Gasteiger partial charge in [0.25, 0.3) is 5.22 Å². The zero-order chi connectivity index (χ0) is 16.9. The van der Waals surface area contributed by atoms with Crippen molar-refractivity contribution in [2.45, 2.75) is 23.8 Å². The number of thioether (sulfide) groups is 1. The Bertz CT molecular complexity index is 799. The van der Waals surface area contributed by atoms with Gasteiger partial charge in [-0.05, 0) is 42.8 Å². The van der Waals surface area contributed by atoms with Crippen molar-refractivity contribution in [3.63, 3.8) is 0 Å². The van der Waals surface area contributed by atoms with E-state index in [1.54, 1.807) is 49.7 Å². The monoisotopic (exact) mass is 343 g/mol. The summed E-state index contributed by atoms with van der Waals surface area (Å²) in [5, 5.41) is 3.04. The fourth-order valence-corrected chi connectivity index (χ4v) is 2.99. The van der Waals surface area contributed by atoms with Crippen LogP contribution in [0.4, 0.5) is 5.69 Å². The van der Waals surface area contributed by atoms with Crippen LogP contribution >= 0.6 is 11.8 Å². The van der Waals surface area contributed by atoms with Crippen molar-refractivity contribution in [3.05, 3.63) is 42.6 Å². The highest BCUT2D eigenvalue weighted by Gasteiger charge is 2.21. The Hall–Kier alpha value is -2.54. The first-order valence-corrected chi connectivity index (χ1v) is 8.40. The number of anilines is 1. The van der Waals surface area contributed by atoms with Gasteiger partial charge in [0, 0.05) is 11.9 Å². The Morgan fingerprint density at radius 3 is 2.79 bits per heavy atom. The van der Waals surface area contributed by atoms with Gasteiger partial charge in [0.1, 0.15) is 5.75 Å². The van der Waals surface area contributed by atoms with Gasteiger partial charge >= 0.3 is 0 Å². The van der Waals surface area contributed by atoms with E-state index in [1.807, 2.05) is 6.92 Å². The molecule has 0 saturated heterocycles. The van der Waals surface area contributed by atoms with E-state index in [0.717, 1.165) is 11.4 Å². The predicted molar refractivity (Wildman–Crippen MR) is 93.4 cm³/mol. The van der Waals surface area contributed by atoms with E-state index in [9.17, 15) is 4.79 Å². The number of carbonyl (C=O) groups is 1. The molecule has 3 aromatic rings. The summed E-state index contributed by atoms with van der Waals surface area (Å²) in [6.07, 6.45) is 2.31. The van der Waals surface area contributed by atoms with Crippen LogP contribution in [0, 0.1) is 0 Å². The fraction of sp³-hybridized carbons (Fsp3) is 0.235. The van der Waals surface area contributed by atoms with Crippen LogP contribution in [-0.4, -0.2) is 28.2 Å². The van der Waals surface area contributed by atoms with E-state index in [0.29, 0.717) is 22.9 Å².